The molecule has 2 aliphatic heterocycles. The molecule has 0 aromatic carbocycles. The summed E-state index contributed by atoms with van der Waals surface area (Å²) < 4.78 is 34.9. The minimum atomic E-state index is -3.34. The molecule has 0 spiro atoms. The van der Waals surface area contributed by atoms with E-state index in [1.165, 1.54) is 0 Å². The predicted molar refractivity (Wildman–Crippen MR) is 87.9 cm³/mol. The number of rotatable bonds is 5. The van der Waals surface area contributed by atoms with Crippen LogP contribution in [0.2, 0.25) is 0 Å². The molecule has 2 saturated heterocycles. The molecule has 3 unspecified atom stereocenters. The third-order valence-corrected chi connectivity index (χ3v) is 6.29. The molecule has 2 fully saturated rings. The highest BCUT2D eigenvalue weighted by Crippen LogP contribution is 2.18. The van der Waals surface area contributed by atoms with Gasteiger partial charge in [-0.25, -0.2) is 4.72 Å². The Morgan fingerprint density at radius 3 is 2.23 bits per heavy atom. The van der Waals surface area contributed by atoms with Crippen molar-refractivity contribution in [2.75, 3.05) is 32.7 Å². The molecule has 0 radical (unpaired) electrons. The lowest BCUT2D eigenvalue weighted by Gasteiger charge is -2.39. The Kier molecular flexibility index (Phi) is 6.24. The van der Waals surface area contributed by atoms with Crippen molar-refractivity contribution in [3.63, 3.8) is 0 Å². The van der Waals surface area contributed by atoms with E-state index in [4.69, 9.17) is 4.74 Å². The number of hydrogen-bond acceptors (Lipinski definition) is 4. The monoisotopic (exact) mass is 333 g/mol. The first-order chi connectivity index (χ1) is 10.3. The normalized spacial score (nSPS) is 31.3. The van der Waals surface area contributed by atoms with Gasteiger partial charge in [-0.15, -0.1) is 0 Å². The highest BCUT2D eigenvalue weighted by Gasteiger charge is 2.29. The molecular formula is C15H31N3O3S. The van der Waals surface area contributed by atoms with Crippen LogP contribution >= 0.6 is 0 Å². The van der Waals surface area contributed by atoms with Gasteiger partial charge in [0.1, 0.15) is 0 Å². The Labute approximate surface area is 135 Å². The molecule has 22 heavy (non-hydrogen) atoms. The second-order valence-corrected chi connectivity index (χ2v) is 8.75. The number of ether oxygens (including phenoxy) is 1. The zero-order valence-electron chi connectivity index (χ0n) is 14.3. The summed E-state index contributed by atoms with van der Waals surface area (Å²) in [6.07, 6.45) is 2.31. The van der Waals surface area contributed by atoms with E-state index in [2.05, 4.69) is 37.3 Å². The molecule has 1 N–H and O–H groups in total. The first-order valence-electron chi connectivity index (χ1n) is 8.42. The summed E-state index contributed by atoms with van der Waals surface area (Å²) in [5, 5.41) is 0. The van der Waals surface area contributed by atoms with Crippen LogP contribution in [0.5, 0.6) is 0 Å². The van der Waals surface area contributed by atoms with E-state index < -0.39 is 10.2 Å². The van der Waals surface area contributed by atoms with Crippen molar-refractivity contribution in [3.05, 3.63) is 0 Å². The van der Waals surface area contributed by atoms with Crippen LogP contribution in [-0.2, 0) is 14.9 Å². The molecular weight excluding hydrogens is 302 g/mol. The Morgan fingerprint density at radius 2 is 1.68 bits per heavy atom. The molecule has 7 heteroatoms. The smallest absolute Gasteiger partial charge is 0.279 e. The summed E-state index contributed by atoms with van der Waals surface area (Å²) in [4.78, 5) is 2.31. The van der Waals surface area contributed by atoms with E-state index in [0.717, 1.165) is 25.9 Å². The van der Waals surface area contributed by atoms with Gasteiger partial charge >= 0.3 is 0 Å². The highest BCUT2D eigenvalue weighted by molar-refractivity contribution is 7.87. The summed E-state index contributed by atoms with van der Waals surface area (Å²) in [7, 11) is -3.34. The van der Waals surface area contributed by atoms with Crippen LogP contribution in [0.15, 0.2) is 0 Å². The summed E-state index contributed by atoms with van der Waals surface area (Å²) in [6, 6.07) is 0.173. The molecule has 2 rings (SSSR count). The lowest BCUT2D eigenvalue weighted by molar-refractivity contribution is -0.0776. The molecule has 0 amide bonds. The molecule has 2 aliphatic rings. The first-order valence-corrected chi connectivity index (χ1v) is 9.86. The van der Waals surface area contributed by atoms with Crippen molar-refractivity contribution >= 4 is 10.2 Å². The van der Waals surface area contributed by atoms with Gasteiger partial charge in [0.05, 0.1) is 12.2 Å². The molecule has 0 aromatic rings. The van der Waals surface area contributed by atoms with Gasteiger partial charge in [-0.3, -0.25) is 4.90 Å². The van der Waals surface area contributed by atoms with Crippen molar-refractivity contribution in [3.8, 4) is 0 Å². The Morgan fingerprint density at radius 1 is 1.14 bits per heavy atom. The van der Waals surface area contributed by atoms with E-state index >= 15 is 0 Å². The van der Waals surface area contributed by atoms with E-state index in [9.17, 15) is 8.42 Å². The average Bonchev–Trinajstić information content (AvgIpc) is 2.44. The van der Waals surface area contributed by atoms with Gasteiger partial charge in [0.2, 0.25) is 0 Å². The standard InChI is InChI=1S/C15H31N3O3S/c1-12-5-7-18(8-6-12)22(19,20)16-9-13(2)17-10-14(3)21-15(4)11-17/h12-16H,5-11H2,1-4H3. The van der Waals surface area contributed by atoms with Gasteiger partial charge in [-0.2, -0.15) is 12.7 Å². The molecule has 6 nitrogen and oxygen atoms in total. The molecule has 0 bridgehead atoms. The molecule has 0 saturated carbocycles. The molecule has 130 valence electrons. The van der Waals surface area contributed by atoms with Crippen LogP contribution in [0, 0.1) is 5.92 Å². The lowest BCUT2D eigenvalue weighted by atomic mass is 10.0. The largest absolute Gasteiger partial charge is 0.373 e. The van der Waals surface area contributed by atoms with Crippen LogP contribution in [0.4, 0.5) is 0 Å². The minimum absolute atomic E-state index is 0.173. The van der Waals surface area contributed by atoms with E-state index in [1.54, 1.807) is 4.31 Å². The van der Waals surface area contributed by atoms with Crippen LogP contribution < -0.4 is 4.72 Å². The Balaban J connectivity index is 1.83. The number of piperidine rings is 1. The molecule has 3 atom stereocenters. The number of hydrogen-bond donors (Lipinski definition) is 1. The maximum absolute atomic E-state index is 12.4. The number of nitrogens with one attached hydrogen (secondary N) is 1. The third kappa shape index (κ3) is 4.89. The van der Waals surface area contributed by atoms with Crippen LogP contribution in [0.1, 0.15) is 40.5 Å². The quantitative estimate of drug-likeness (QED) is 0.817. The average molecular weight is 333 g/mol. The molecule has 0 aromatic heterocycles. The van der Waals surface area contributed by atoms with Crippen molar-refractivity contribution in [1.29, 1.82) is 0 Å². The Hall–Kier alpha value is -0.210. The Bertz CT molecular complexity index is 439. The van der Waals surface area contributed by atoms with Crippen molar-refractivity contribution in [2.24, 2.45) is 5.92 Å². The van der Waals surface area contributed by atoms with Gasteiger partial charge < -0.3 is 4.74 Å². The number of morpholine rings is 1. The van der Waals surface area contributed by atoms with Gasteiger partial charge in [0.25, 0.3) is 10.2 Å². The third-order valence-electron chi connectivity index (χ3n) is 4.71. The topological polar surface area (TPSA) is 61.9 Å². The van der Waals surface area contributed by atoms with Crippen molar-refractivity contribution in [2.45, 2.75) is 58.8 Å². The van der Waals surface area contributed by atoms with Crippen LogP contribution in [0.25, 0.3) is 0 Å². The van der Waals surface area contributed by atoms with E-state index in [-0.39, 0.29) is 18.2 Å². The van der Waals surface area contributed by atoms with Gasteiger partial charge in [-0.05, 0) is 39.5 Å². The second kappa shape index (κ2) is 7.57. The summed E-state index contributed by atoms with van der Waals surface area (Å²) in [6.45, 7) is 11.8. The number of nitrogens with zero attached hydrogens (tertiary/aromatic N) is 2. The van der Waals surface area contributed by atoms with Gasteiger partial charge in [0.15, 0.2) is 0 Å². The fraction of sp³-hybridized carbons (Fsp3) is 1.00. The fourth-order valence-electron chi connectivity index (χ4n) is 3.25. The summed E-state index contributed by atoms with van der Waals surface area (Å²) in [5.41, 5.74) is 0. The van der Waals surface area contributed by atoms with Crippen LogP contribution in [0.3, 0.4) is 0 Å². The maximum Gasteiger partial charge on any atom is 0.279 e. The van der Waals surface area contributed by atoms with E-state index in [0.29, 0.717) is 25.6 Å². The van der Waals surface area contributed by atoms with Crippen LogP contribution in [-0.4, -0.2) is 68.6 Å². The van der Waals surface area contributed by atoms with E-state index in [1.807, 2.05) is 0 Å². The lowest BCUT2D eigenvalue weighted by Crippen LogP contribution is -2.53. The fourth-order valence-corrected chi connectivity index (χ4v) is 4.58. The molecule has 0 aliphatic carbocycles. The minimum Gasteiger partial charge on any atom is -0.373 e. The van der Waals surface area contributed by atoms with Gasteiger partial charge in [0, 0.05) is 38.8 Å². The highest BCUT2D eigenvalue weighted by atomic mass is 32.2. The zero-order valence-corrected chi connectivity index (χ0v) is 15.1. The summed E-state index contributed by atoms with van der Waals surface area (Å²) in [5.74, 6) is 0.627. The predicted octanol–water partition coefficient (Wildman–Crippen LogP) is 1.05. The second-order valence-electron chi connectivity index (χ2n) is 7.00. The summed E-state index contributed by atoms with van der Waals surface area (Å²) >= 11 is 0. The SMILES string of the molecule is CC1CCN(S(=O)(=O)NCC(C)N2CC(C)OC(C)C2)CC1. The van der Waals surface area contributed by atoms with Crippen molar-refractivity contribution in [1.82, 2.24) is 13.9 Å². The van der Waals surface area contributed by atoms with Crippen molar-refractivity contribution < 1.29 is 13.2 Å². The first kappa shape index (κ1) is 18.1. The zero-order chi connectivity index (χ0) is 16.3. The maximum atomic E-state index is 12.4. The molecule has 2 heterocycles. The van der Waals surface area contributed by atoms with Gasteiger partial charge in [-0.1, -0.05) is 6.92 Å².